The SMILES string of the molecule is C=C(F)C(=O)N1CCN2C(=O)N(c3ccccc3)C(=O)C2C1. The van der Waals surface area contributed by atoms with E-state index in [4.69, 9.17) is 0 Å². The van der Waals surface area contributed by atoms with Gasteiger partial charge in [-0.2, -0.15) is 0 Å². The molecule has 3 rings (SSSR count). The minimum atomic E-state index is -1.06. The summed E-state index contributed by atoms with van der Waals surface area (Å²) in [5.41, 5.74) is 0.486. The molecular weight excluding hydrogens is 289 g/mol. The van der Waals surface area contributed by atoms with Crippen LogP contribution in [0.2, 0.25) is 0 Å². The second-order valence-electron chi connectivity index (χ2n) is 5.16. The van der Waals surface area contributed by atoms with E-state index in [-0.39, 0.29) is 19.6 Å². The van der Waals surface area contributed by atoms with Crippen LogP contribution in [0.15, 0.2) is 42.7 Å². The molecule has 114 valence electrons. The number of amides is 4. The number of imide groups is 1. The highest BCUT2D eigenvalue weighted by molar-refractivity contribution is 6.21. The summed E-state index contributed by atoms with van der Waals surface area (Å²) in [6, 6.07) is 7.40. The summed E-state index contributed by atoms with van der Waals surface area (Å²) in [4.78, 5) is 40.3. The Morgan fingerprint density at radius 1 is 1.18 bits per heavy atom. The molecule has 1 atom stereocenters. The van der Waals surface area contributed by atoms with Gasteiger partial charge in [0.15, 0.2) is 5.83 Å². The summed E-state index contributed by atoms with van der Waals surface area (Å²) in [6.45, 7) is 3.33. The summed E-state index contributed by atoms with van der Waals surface area (Å²) in [7, 11) is 0. The molecule has 7 heteroatoms. The molecule has 2 aliphatic heterocycles. The minimum Gasteiger partial charge on any atom is -0.332 e. The Labute approximate surface area is 126 Å². The van der Waals surface area contributed by atoms with E-state index in [2.05, 4.69) is 6.58 Å². The maximum Gasteiger partial charge on any atom is 0.332 e. The zero-order valence-electron chi connectivity index (χ0n) is 11.7. The summed E-state index contributed by atoms with van der Waals surface area (Å²) in [5.74, 6) is -2.30. The predicted octanol–water partition coefficient (Wildman–Crippen LogP) is 1.15. The maximum atomic E-state index is 13.0. The lowest BCUT2D eigenvalue weighted by molar-refractivity contribution is -0.132. The number of piperazine rings is 1. The van der Waals surface area contributed by atoms with Crippen LogP contribution in [0.4, 0.5) is 14.9 Å². The van der Waals surface area contributed by atoms with E-state index in [0.29, 0.717) is 5.69 Å². The van der Waals surface area contributed by atoms with Crippen LogP contribution >= 0.6 is 0 Å². The van der Waals surface area contributed by atoms with Gasteiger partial charge in [-0.3, -0.25) is 9.59 Å². The van der Waals surface area contributed by atoms with E-state index < -0.39 is 29.7 Å². The summed E-state index contributed by atoms with van der Waals surface area (Å²) >= 11 is 0. The van der Waals surface area contributed by atoms with Crippen molar-refractivity contribution in [3.63, 3.8) is 0 Å². The van der Waals surface area contributed by atoms with Crippen molar-refractivity contribution in [2.24, 2.45) is 0 Å². The van der Waals surface area contributed by atoms with Crippen molar-refractivity contribution in [1.29, 1.82) is 0 Å². The highest BCUT2D eigenvalue weighted by Crippen LogP contribution is 2.27. The molecule has 4 amide bonds. The first-order valence-electron chi connectivity index (χ1n) is 6.84. The van der Waals surface area contributed by atoms with Gasteiger partial charge < -0.3 is 9.80 Å². The lowest BCUT2D eigenvalue weighted by Gasteiger charge is -2.34. The number of benzene rings is 1. The fourth-order valence-electron chi connectivity index (χ4n) is 2.77. The number of urea groups is 1. The first-order valence-corrected chi connectivity index (χ1v) is 6.84. The molecule has 2 heterocycles. The third-order valence-electron chi connectivity index (χ3n) is 3.86. The molecule has 0 bridgehead atoms. The Kier molecular flexibility index (Phi) is 3.40. The third-order valence-corrected chi connectivity index (χ3v) is 3.86. The molecule has 1 aromatic rings. The highest BCUT2D eigenvalue weighted by atomic mass is 19.1. The molecule has 2 aliphatic rings. The fourth-order valence-corrected chi connectivity index (χ4v) is 2.77. The topological polar surface area (TPSA) is 60.9 Å². The van der Waals surface area contributed by atoms with Gasteiger partial charge in [-0.05, 0) is 12.1 Å². The molecule has 6 nitrogen and oxygen atoms in total. The van der Waals surface area contributed by atoms with E-state index >= 15 is 0 Å². The zero-order valence-corrected chi connectivity index (χ0v) is 11.7. The Balaban J connectivity index is 1.85. The second kappa shape index (κ2) is 5.25. The molecule has 2 fully saturated rings. The van der Waals surface area contributed by atoms with E-state index in [0.717, 1.165) is 4.90 Å². The van der Waals surface area contributed by atoms with Gasteiger partial charge in [-0.15, -0.1) is 0 Å². The van der Waals surface area contributed by atoms with Crippen LogP contribution in [0.3, 0.4) is 0 Å². The van der Waals surface area contributed by atoms with Gasteiger partial charge in [0.05, 0.1) is 12.2 Å². The molecule has 0 aliphatic carbocycles. The van der Waals surface area contributed by atoms with Crippen LogP contribution < -0.4 is 4.90 Å². The molecule has 22 heavy (non-hydrogen) atoms. The number of carbonyl (C=O) groups excluding carboxylic acids is 3. The summed E-state index contributed by atoms with van der Waals surface area (Å²) in [6.07, 6.45) is 0. The normalized spacial score (nSPS) is 21.1. The number of para-hydroxylation sites is 1. The highest BCUT2D eigenvalue weighted by Gasteiger charge is 2.49. The molecular formula is C15H14FN3O3. The number of nitrogens with zero attached hydrogens (tertiary/aromatic N) is 3. The zero-order chi connectivity index (χ0) is 15.9. The van der Waals surface area contributed by atoms with Crippen LogP contribution in [-0.2, 0) is 9.59 Å². The summed E-state index contributed by atoms with van der Waals surface area (Å²) in [5, 5.41) is 0. The lowest BCUT2D eigenvalue weighted by Crippen LogP contribution is -2.54. The summed E-state index contributed by atoms with van der Waals surface area (Å²) < 4.78 is 13.0. The van der Waals surface area contributed by atoms with Crippen molar-refractivity contribution in [2.75, 3.05) is 24.5 Å². The molecule has 0 saturated carbocycles. The Hall–Kier alpha value is -2.70. The number of rotatable bonds is 2. The van der Waals surface area contributed by atoms with Crippen molar-refractivity contribution in [1.82, 2.24) is 9.80 Å². The van der Waals surface area contributed by atoms with Crippen LogP contribution in [-0.4, -0.2) is 53.3 Å². The number of hydrogen-bond acceptors (Lipinski definition) is 3. The maximum absolute atomic E-state index is 13.0. The van der Waals surface area contributed by atoms with Gasteiger partial charge in [-0.25, -0.2) is 14.1 Å². The molecule has 0 N–H and O–H groups in total. The number of fused-ring (bicyclic) bond motifs is 1. The lowest BCUT2D eigenvalue weighted by atomic mass is 10.1. The molecule has 1 aromatic carbocycles. The molecule has 0 radical (unpaired) electrons. The van der Waals surface area contributed by atoms with Crippen molar-refractivity contribution >= 4 is 23.5 Å². The van der Waals surface area contributed by atoms with E-state index in [1.165, 1.54) is 9.80 Å². The van der Waals surface area contributed by atoms with E-state index in [1.54, 1.807) is 30.3 Å². The van der Waals surface area contributed by atoms with Crippen molar-refractivity contribution in [3.8, 4) is 0 Å². The number of anilines is 1. The average molecular weight is 303 g/mol. The van der Waals surface area contributed by atoms with Gasteiger partial charge in [0.25, 0.3) is 11.8 Å². The fraction of sp³-hybridized carbons (Fsp3) is 0.267. The molecule has 1 unspecified atom stereocenters. The first kappa shape index (κ1) is 14.2. The Bertz CT molecular complexity index is 661. The predicted molar refractivity (Wildman–Crippen MR) is 76.6 cm³/mol. The van der Waals surface area contributed by atoms with Gasteiger partial charge in [-0.1, -0.05) is 24.8 Å². The second-order valence-corrected chi connectivity index (χ2v) is 5.16. The van der Waals surface area contributed by atoms with Crippen LogP contribution in [0.1, 0.15) is 0 Å². The largest absolute Gasteiger partial charge is 0.332 e. The standard InChI is InChI=1S/C15H14FN3O3/c1-10(16)13(20)17-7-8-18-12(9-17)14(21)19(15(18)22)11-5-3-2-4-6-11/h2-6,12H,1,7-9H2. The van der Waals surface area contributed by atoms with Gasteiger partial charge >= 0.3 is 6.03 Å². The van der Waals surface area contributed by atoms with Crippen molar-refractivity contribution in [3.05, 3.63) is 42.7 Å². The molecule has 0 aromatic heterocycles. The Morgan fingerprint density at radius 3 is 2.50 bits per heavy atom. The van der Waals surface area contributed by atoms with Gasteiger partial charge in [0, 0.05) is 13.1 Å². The monoisotopic (exact) mass is 303 g/mol. The smallest absolute Gasteiger partial charge is 0.332 e. The minimum absolute atomic E-state index is 0.0182. The quantitative estimate of drug-likeness (QED) is 0.608. The first-order chi connectivity index (χ1) is 10.5. The Morgan fingerprint density at radius 2 is 1.86 bits per heavy atom. The van der Waals surface area contributed by atoms with E-state index in [9.17, 15) is 18.8 Å². The van der Waals surface area contributed by atoms with Crippen LogP contribution in [0.5, 0.6) is 0 Å². The van der Waals surface area contributed by atoms with Gasteiger partial charge in [0.1, 0.15) is 6.04 Å². The van der Waals surface area contributed by atoms with Crippen molar-refractivity contribution < 1.29 is 18.8 Å². The van der Waals surface area contributed by atoms with E-state index in [1.807, 2.05) is 0 Å². The van der Waals surface area contributed by atoms with Crippen LogP contribution in [0.25, 0.3) is 0 Å². The third kappa shape index (κ3) is 2.14. The number of hydrogen-bond donors (Lipinski definition) is 0. The van der Waals surface area contributed by atoms with Crippen molar-refractivity contribution in [2.45, 2.75) is 6.04 Å². The molecule has 2 saturated heterocycles. The molecule has 0 spiro atoms. The average Bonchev–Trinajstić information content (AvgIpc) is 2.78. The number of halogens is 1. The van der Waals surface area contributed by atoms with Gasteiger partial charge in [0.2, 0.25) is 0 Å². The van der Waals surface area contributed by atoms with Crippen LogP contribution in [0, 0.1) is 0 Å². The number of carbonyl (C=O) groups is 3.